The number of amides is 2. The Kier molecular flexibility index (Phi) is 2.94. The number of carbonyl (C=O) groups excluding carboxylic acids is 2. The van der Waals surface area contributed by atoms with E-state index in [1.54, 1.807) is 0 Å². The summed E-state index contributed by atoms with van der Waals surface area (Å²) in [6.45, 7) is 3.88. The van der Waals surface area contributed by atoms with E-state index in [2.05, 4.69) is 6.07 Å². The summed E-state index contributed by atoms with van der Waals surface area (Å²) in [7, 11) is 0. The van der Waals surface area contributed by atoms with Gasteiger partial charge in [-0.05, 0) is 31.6 Å². The zero-order valence-corrected chi connectivity index (χ0v) is 10.4. The zero-order valence-electron chi connectivity index (χ0n) is 10.4. The third-order valence-corrected chi connectivity index (χ3v) is 4.26. The molecule has 0 bridgehead atoms. The smallest absolute Gasteiger partial charge is 0.237 e. The van der Waals surface area contributed by atoms with E-state index < -0.39 is 11.5 Å². The molecule has 0 spiro atoms. The lowest BCUT2D eigenvalue weighted by Crippen LogP contribution is -2.43. The van der Waals surface area contributed by atoms with Gasteiger partial charge in [-0.15, -0.1) is 0 Å². The van der Waals surface area contributed by atoms with E-state index >= 15 is 0 Å². The molecule has 0 radical (unpaired) electrons. The van der Waals surface area contributed by atoms with Crippen LogP contribution in [-0.4, -0.2) is 22.8 Å². The Balaban J connectivity index is 2.27. The van der Waals surface area contributed by atoms with Crippen molar-refractivity contribution < 1.29 is 9.59 Å². The van der Waals surface area contributed by atoms with Crippen LogP contribution in [0.5, 0.6) is 0 Å². The molecule has 1 atom stereocenters. The van der Waals surface area contributed by atoms with Gasteiger partial charge in [0.15, 0.2) is 0 Å². The molecule has 92 valence electrons. The minimum atomic E-state index is -0.541. The molecule has 17 heavy (non-hydrogen) atoms. The fourth-order valence-electron chi connectivity index (χ4n) is 2.69. The molecule has 4 heteroatoms. The van der Waals surface area contributed by atoms with Crippen LogP contribution in [0.1, 0.15) is 46.0 Å². The maximum absolute atomic E-state index is 12.4. The highest BCUT2D eigenvalue weighted by Gasteiger charge is 2.53. The quantitative estimate of drug-likeness (QED) is 0.697. The van der Waals surface area contributed by atoms with Crippen molar-refractivity contribution >= 4 is 11.8 Å². The SMILES string of the molecule is CCC1(CC)CC(=O)N(C(C#N)C2CC2)C1=O. The molecule has 1 aliphatic carbocycles. The monoisotopic (exact) mass is 234 g/mol. The molecule has 0 aromatic heterocycles. The average molecular weight is 234 g/mol. The Bertz CT molecular complexity index is 389. The number of carbonyl (C=O) groups is 2. The molecule has 2 rings (SSSR count). The molecule has 1 aliphatic heterocycles. The van der Waals surface area contributed by atoms with Gasteiger partial charge >= 0.3 is 0 Å². The summed E-state index contributed by atoms with van der Waals surface area (Å²) in [6.07, 6.45) is 3.55. The van der Waals surface area contributed by atoms with Gasteiger partial charge < -0.3 is 0 Å². The number of nitrogens with zero attached hydrogens (tertiary/aromatic N) is 2. The number of imide groups is 1. The second-order valence-electron chi connectivity index (χ2n) is 5.14. The van der Waals surface area contributed by atoms with E-state index in [9.17, 15) is 9.59 Å². The lowest BCUT2D eigenvalue weighted by Gasteiger charge is -2.25. The maximum Gasteiger partial charge on any atom is 0.237 e. The van der Waals surface area contributed by atoms with Crippen molar-refractivity contribution in [2.45, 2.75) is 52.0 Å². The number of hydrogen-bond donors (Lipinski definition) is 0. The third kappa shape index (κ3) is 1.74. The van der Waals surface area contributed by atoms with Crippen molar-refractivity contribution in [1.82, 2.24) is 4.90 Å². The van der Waals surface area contributed by atoms with Gasteiger partial charge in [0, 0.05) is 6.42 Å². The van der Waals surface area contributed by atoms with Crippen LogP contribution in [0.4, 0.5) is 0 Å². The molecule has 1 saturated heterocycles. The van der Waals surface area contributed by atoms with E-state index in [-0.39, 0.29) is 24.2 Å². The summed E-state index contributed by atoms with van der Waals surface area (Å²) in [5.41, 5.74) is -0.541. The normalized spacial score (nSPS) is 24.9. The van der Waals surface area contributed by atoms with Crippen molar-refractivity contribution in [3.05, 3.63) is 0 Å². The summed E-state index contributed by atoms with van der Waals surface area (Å²) >= 11 is 0. The van der Waals surface area contributed by atoms with Gasteiger partial charge in [-0.25, -0.2) is 0 Å². The van der Waals surface area contributed by atoms with E-state index in [1.165, 1.54) is 4.90 Å². The fraction of sp³-hybridized carbons (Fsp3) is 0.769. The average Bonchev–Trinajstić information content (AvgIpc) is 3.12. The van der Waals surface area contributed by atoms with Crippen LogP contribution in [0.2, 0.25) is 0 Å². The standard InChI is InChI=1S/C13H18N2O2/c1-3-13(4-2)7-11(16)15(12(13)17)10(8-14)9-5-6-9/h9-10H,3-7H2,1-2H3. The minimum Gasteiger partial charge on any atom is -0.274 e. The molecule has 1 heterocycles. The van der Waals surface area contributed by atoms with Gasteiger partial charge in [-0.3, -0.25) is 14.5 Å². The first kappa shape index (κ1) is 12.1. The van der Waals surface area contributed by atoms with E-state index in [0.29, 0.717) is 12.8 Å². The third-order valence-electron chi connectivity index (χ3n) is 4.26. The molecule has 0 aromatic carbocycles. The fourth-order valence-corrected chi connectivity index (χ4v) is 2.69. The first-order chi connectivity index (χ1) is 8.09. The molecule has 4 nitrogen and oxygen atoms in total. The van der Waals surface area contributed by atoms with Crippen LogP contribution in [-0.2, 0) is 9.59 Å². The van der Waals surface area contributed by atoms with Gasteiger partial charge in [0.25, 0.3) is 0 Å². The van der Waals surface area contributed by atoms with E-state index in [1.807, 2.05) is 13.8 Å². The summed E-state index contributed by atoms with van der Waals surface area (Å²) < 4.78 is 0. The highest BCUT2D eigenvalue weighted by molar-refractivity contribution is 6.06. The van der Waals surface area contributed by atoms with E-state index in [0.717, 1.165) is 12.8 Å². The zero-order chi connectivity index (χ0) is 12.6. The lowest BCUT2D eigenvalue weighted by atomic mass is 9.81. The predicted octanol–water partition coefficient (Wildman–Crippen LogP) is 1.85. The number of likely N-dealkylation sites (tertiary alicyclic amines) is 1. The molecular formula is C13H18N2O2. The largest absolute Gasteiger partial charge is 0.274 e. The second-order valence-corrected chi connectivity index (χ2v) is 5.14. The summed E-state index contributed by atoms with van der Waals surface area (Å²) in [5, 5.41) is 9.15. The van der Waals surface area contributed by atoms with Gasteiger partial charge in [0.1, 0.15) is 6.04 Å². The highest BCUT2D eigenvalue weighted by Crippen LogP contribution is 2.44. The van der Waals surface area contributed by atoms with Gasteiger partial charge in [-0.1, -0.05) is 13.8 Å². The summed E-state index contributed by atoms with van der Waals surface area (Å²) in [4.78, 5) is 25.6. The summed E-state index contributed by atoms with van der Waals surface area (Å²) in [6, 6.07) is 1.62. The van der Waals surface area contributed by atoms with Crippen LogP contribution in [0.3, 0.4) is 0 Å². The van der Waals surface area contributed by atoms with Crippen molar-refractivity contribution in [2.24, 2.45) is 11.3 Å². The Morgan fingerprint density at radius 1 is 1.41 bits per heavy atom. The minimum absolute atomic E-state index is 0.119. The molecule has 1 saturated carbocycles. The first-order valence-electron chi connectivity index (χ1n) is 6.35. The molecule has 2 fully saturated rings. The Hall–Kier alpha value is -1.37. The van der Waals surface area contributed by atoms with Gasteiger partial charge in [0.2, 0.25) is 11.8 Å². The van der Waals surface area contributed by atoms with Crippen LogP contribution in [0.25, 0.3) is 0 Å². The summed E-state index contributed by atoms with van der Waals surface area (Å²) in [5.74, 6) is -0.0551. The number of hydrogen-bond acceptors (Lipinski definition) is 3. The molecular weight excluding hydrogens is 216 g/mol. The van der Waals surface area contributed by atoms with Crippen LogP contribution in [0.15, 0.2) is 0 Å². The lowest BCUT2D eigenvalue weighted by molar-refractivity contribution is -0.143. The number of nitriles is 1. The van der Waals surface area contributed by atoms with Crippen LogP contribution >= 0.6 is 0 Å². The first-order valence-corrected chi connectivity index (χ1v) is 6.35. The van der Waals surface area contributed by atoms with Crippen molar-refractivity contribution in [3.8, 4) is 6.07 Å². The van der Waals surface area contributed by atoms with Crippen molar-refractivity contribution in [2.75, 3.05) is 0 Å². The van der Waals surface area contributed by atoms with Crippen LogP contribution < -0.4 is 0 Å². The molecule has 2 amide bonds. The number of rotatable bonds is 4. The Morgan fingerprint density at radius 2 is 2.00 bits per heavy atom. The van der Waals surface area contributed by atoms with Gasteiger partial charge in [-0.2, -0.15) is 5.26 Å². The van der Waals surface area contributed by atoms with Crippen molar-refractivity contribution in [3.63, 3.8) is 0 Å². The van der Waals surface area contributed by atoms with Gasteiger partial charge in [0.05, 0.1) is 11.5 Å². The Labute approximate surface area is 102 Å². The van der Waals surface area contributed by atoms with E-state index in [4.69, 9.17) is 5.26 Å². The topological polar surface area (TPSA) is 61.2 Å². The molecule has 0 aromatic rings. The highest BCUT2D eigenvalue weighted by atomic mass is 16.2. The maximum atomic E-state index is 12.4. The molecule has 1 unspecified atom stereocenters. The predicted molar refractivity (Wildman–Crippen MR) is 61.6 cm³/mol. The molecule has 0 N–H and O–H groups in total. The molecule has 2 aliphatic rings. The van der Waals surface area contributed by atoms with Crippen LogP contribution in [0, 0.1) is 22.7 Å². The second kappa shape index (κ2) is 4.14. The van der Waals surface area contributed by atoms with Crippen molar-refractivity contribution in [1.29, 1.82) is 5.26 Å². The Morgan fingerprint density at radius 3 is 2.35 bits per heavy atom.